The minimum atomic E-state index is -1.39. The summed E-state index contributed by atoms with van der Waals surface area (Å²) in [4.78, 5) is 25.4. The van der Waals surface area contributed by atoms with Crippen LogP contribution in [0.4, 0.5) is 15.8 Å². The van der Waals surface area contributed by atoms with Gasteiger partial charge in [-0.2, -0.15) is 5.26 Å². The molecule has 0 bridgehead atoms. The van der Waals surface area contributed by atoms with Crippen molar-refractivity contribution in [1.29, 1.82) is 5.26 Å². The summed E-state index contributed by atoms with van der Waals surface area (Å²) in [6.07, 6.45) is 0.723. The lowest BCUT2D eigenvalue weighted by Crippen LogP contribution is -2.52. The normalized spacial score (nSPS) is 21.7. The van der Waals surface area contributed by atoms with Gasteiger partial charge in [0.05, 0.1) is 34.9 Å². The highest BCUT2D eigenvalue weighted by atomic mass is 19.1. The minimum Gasteiger partial charge on any atom is -0.383 e. The lowest BCUT2D eigenvalue weighted by atomic mass is 9.88. The van der Waals surface area contributed by atoms with Crippen molar-refractivity contribution in [3.8, 4) is 17.2 Å². The smallest absolute Gasteiger partial charge is 0.244 e. The van der Waals surface area contributed by atoms with E-state index in [1.165, 1.54) is 17.0 Å². The number of imide groups is 1. The summed E-state index contributed by atoms with van der Waals surface area (Å²) in [5.41, 5.74) is 7.43. The zero-order valence-electron chi connectivity index (χ0n) is 30.4. The Labute approximate surface area is 308 Å². The molecule has 1 aromatic heterocycles. The molecule has 5 unspecified atom stereocenters. The molecule has 1 saturated carbocycles. The number of hydrogen-bond acceptors (Lipinski definition) is 10. The number of carbonyl (C=O) groups is 2. The second kappa shape index (κ2) is 14.4. The second-order valence-electron chi connectivity index (χ2n) is 14.9. The number of aromatic nitrogens is 1. The van der Waals surface area contributed by atoms with Gasteiger partial charge in [0, 0.05) is 35.3 Å². The van der Waals surface area contributed by atoms with Crippen LogP contribution in [0.1, 0.15) is 103 Å². The summed E-state index contributed by atoms with van der Waals surface area (Å²) in [6, 6.07) is 18.7. The van der Waals surface area contributed by atoms with Crippen LogP contribution < -0.4 is 16.0 Å². The minimum absolute atomic E-state index is 0.0752. The predicted molar refractivity (Wildman–Crippen MR) is 197 cm³/mol. The first-order valence-corrected chi connectivity index (χ1v) is 18.3. The summed E-state index contributed by atoms with van der Waals surface area (Å²) in [5.74, 6) is -0.637. The van der Waals surface area contributed by atoms with E-state index in [1.807, 2.05) is 38.1 Å². The summed E-state index contributed by atoms with van der Waals surface area (Å²) >= 11 is 0. The fraction of sp³-hybridized carbons (Fsp3) is 0.415. The number of piperidine rings is 1. The van der Waals surface area contributed by atoms with E-state index < -0.39 is 36.1 Å². The largest absolute Gasteiger partial charge is 0.383 e. The lowest BCUT2D eigenvalue weighted by Gasteiger charge is -2.33. The molecule has 53 heavy (non-hydrogen) atoms. The Morgan fingerprint density at radius 3 is 2.43 bits per heavy atom. The van der Waals surface area contributed by atoms with Crippen LogP contribution in [-0.2, 0) is 15.0 Å². The predicted octanol–water partition coefficient (Wildman–Crippen LogP) is 6.75. The molecular weight excluding hydrogens is 675 g/mol. The van der Waals surface area contributed by atoms with Crippen molar-refractivity contribution in [3.05, 3.63) is 99.7 Å². The van der Waals surface area contributed by atoms with E-state index in [0.717, 1.165) is 64.2 Å². The van der Waals surface area contributed by atoms with Gasteiger partial charge in [0.1, 0.15) is 24.0 Å². The van der Waals surface area contributed by atoms with Crippen molar-refractivity contribution < 1.29 is 28.7 Å². The van der Waals surface area contributed by atoms with E-state index in [0.29, 0.717) is 18.5 Å². The highest BCUT2D eigenvalue weighted by Crippen LogP contribution is 2.48. The number of anilines is 2. The average molecular weight is 721 g/mol. The van der Waals surface area contributed by atoms with E-state index in [4.69, 9.17) is 4.52 Å². The topological polar surface area (TPSA) is 164 Å². The van der Waals surface area contributed by atoms with Crippen molar-refractivity contribution in [1.82, 2.24) is 15.4 Å². The maximum atomic E-state index is 15.4. The van der Waals surface area contributed by atoms with Gasteiger partial charge in [0.15, 0.2) is 0 Å². The highest BCUT2D eigenvalue weighted by Gasteiger charge is 2.46. The molecule has 1 saturated heterocycles. The first-order chi connectivity index (χ1) is 25.4. The van der Waals surface area contributed by atoms with Gasteiger partial charge in [0.2, 0.25) is 11.8 Å². The number of aliphatic hydroxyl groups excluding tert-OH is 2. The van der Waals surface area contributed by atoms with Crippen molar-refractivity contribution in [2.75, 3.05) is 17.2 Å². The Hall–Kier alpha value is -5.09. The fourth-order valence-corrected chi connectivity index (χ4v) is 7.93. The number of fused-ring (bicyclic) bond motifs is 1. The summed E-state index contributed by atoms with van der Waals surface area (Å²) in [5, 5.41) is 45.2. The van der Waals surface area contributed by atoms with E-state index in [9.17, 15) is 25.1 Å². The lowest BCUT2D eigenvalue weighted by molar-refractivity contribution is -0.154. The Bertz CT molecular complexity index is 2070. The van der Waals surface area contributed by atoms with Crippen LogP contribution in [0.25, 0.3) is 11.1 Å². The SMILES string of the molecule is Cc1ccc(-c2c(C)noc2C)cc1C(CC(C)CCNc1cc2c(cc1F)C(O)N(C1CCC(=O)NC1=O)C2O)Nc1ccc(C2(C#N)CC2)cc1. The van der Waals surface area contributed by atoms with E-state index in [2.05, 4.69) is 59.2 Å². The van der Waals surface area contributed by atoms with E-state index >= 15 is 4.39 Å². The third-order valence-electron chi connectivity index (χ3n) is 11.2. The van der Waals surface area contributed by atoms with Crippen LogP contribution in [0.2, 0.25) is 0 Å². The number of halogens is 1. The Morgan fingerprint density at radius 1 is 1.08 bits per heavy atom. The van der Waals surface area contributed by atoms with E-state index in [1.54, 1.807) is 0 Å². The molecule has 0 spiro atoms. The zero-order chi connectivity index (χ0) is 37.6. The third-order valence-corrected chi connectivity index (χ3v) is 11.2. The van der Waals surface area contributed by atoms with Crippen LogP contribution in [0.5, 0.6) is 0 Å². The van der Waals surface area contributed by atoms with Crippen molar-refractivity contribution in [2.45, 2.75) is 96.2 Å². The molecule has 3 heterocycles. The average Bonchev–Trinajstić information content (AvgIpc) is 3.81. The Morgan fingerprint density at radius 2 is 1.79 bits per heavy atom. The molecule has 2 aliphatic heterocycles. The summed E-state index contributed by atoms with van der Waals surface area (Å²) in [6.45, 7) is 8.56. The first-order valence-electron chi connectivity index (χ1n) is 18.3. The van der Waals surface area contributed by atoms with Crippen LogP contribution in [0, 0.1) is 43.8 Å². The summed E-state index contributed by atoms with van der Waals surface area (Å²) in [7, 11) is 0. The molecule has 12 heteroatoms. The molecule has 7 rings (SSSR count). The third kappa shape index (κ3) is 7.04. The standard InChI is InChI=1S/C41H45FN6O5/c1-22(13-16-44-34-20-31-30(19-32(34)42)39(51)48(40(31)52)35-11-12-36(49)46-38(35)50)17-33(45-28-9-7-27(8-10-28)41(21-43)14-15-41)29-18-26(6-5-23(29)2)37-24(3)47-53-25(37)4/h5-10,18-20,22,33,35,39-40,44-45,51-52H,11-17H2,1-4H3,(H,46,49,50). The molecule has 11 nitrogen and oxygen atoms in total. The zero-order valence-corrected chi connectivity index (χ0v) is 30.4. The molecule has 3 aliphatic rings. The van der Waals surface area contributed by atoms with Gasteiger partial charge in [-0.3, -0.25) is 14.9 Å². The van der Waals surface area contributed by atoms with Gasteiger partial charge in [-0.15, -0.1) is 0 Å². The molecule has 1 aliphatic carbocycles. The fourth-order valence-electron chi connectivity index (χ4n) is 7.93. The highest BCUT2D eigenvalue weighted by molar-refractivity contribution is 6.00. The van der Waals surface area contributed by atoms with Crippen LogP contribution in [0.15, 0.2) is 59.1 Å². The van der Waals surface area contributed by atoms with Crippen molar-refractivity contribution in [3.63, 3.8) is 0 Å². The van der Waals surface area contributed by atoms with Gasteiger partial charge in [-0.25, -0.2) is 9.29 Å². The maximum absolute atomic E-state index is 15.4. The molecule has 4 aromatic rings. The van der Waals surface area contributed by atoms with Gasteiger partial charge in [-0.05, 0) is 111 Å². The number of rotatable bonds is 12. The van der Waals surface area contributed by atoms with Crippen LogP contribution >= 0.6 is 0 Å². The Balaban J connectivity index is 1.07. The number of benzene rings is 3. The molecule has 276 valence electrons. The molecule has 2 fully saturated rings. The van der Waals surface area contributed by atoms with Crippen LogP contribution in [0.3, 0.4) is 0 Å². The molecule has 2 amide bonds. The van der Waals surface area contributed by atoms with Crippen LogP contribution in [-0.4, -0.2) is 44.7 Å². The molecule has 0 radical (unpaired) electrons. The Kier molecular flexibility index (Phi) is 9.84. The maximum Gasteiger partial charge on any atom is 0.244 e. The molecule has 5 atom stereocenters. The van der Waals surface area contributed by atoms with Crippen molar-refractivity contribution in [2.24, 2.45) is 5.92 Å². The van der Waals surface area contributed by atoms with Gasteiger partial charge >= 0.3 is 0 Å². The first kappa shape index (κ1) is 36.3. The number of hydrogen-bond donors (Lipinski definition) is 5. The van der Waals surface area contributed by atoms with Crippen molar-refractivity contribution >= 4 is 23.2 Å². The number of nitrogens with zero attached hydrogens (tertiary/aromatic N) is 3. The van der Waals surface area contributed by atoms with Gasteiger partial charge in [0.25, 0.3) is 0 Å². The van der Waals surface area contributed by atoms with Gasteiger partial charge in [-0.1, -0.05) is 36.3 Å². The second-order valence-corrected chi connectivity index (χ2v) is 14.9. The van der Waals surface area contributed by atoms with Gasteiger partial charge < -0.3 is 25.4 Å². The number of amides is 2. The number of aryl methyl sites for hydroxylation is 3. The number of nitriles is 1. The molecule has 5 N–H and O–H groups in total. The summed E-state index contributed by atoms with van der Waals surface area (Å²) < 4.78 is 20.9. The quantitative estimate of drug-likeness (QED) is 0.0990. The molecular formula is C41H45FN6O5. The monoisotopic (exact) mass is 720 g/mol. The number of aliphatic hydroxyl groups is 2. The number of nitrogens with one attached hydrogen (secondary N) is 3. The molecule has 3 aromatic carbocycles. The van der Waals surface area contributed by atoms with E-state index in [-0.39, 0.29) is 41.5 Å². The number of carbonyl (C=O) groups excluding carboxylic acids is 2.